The molecule has 0 radical (unpaired) electrons. The smallest absolute Gasteiger partial charge is 0.365 e. The van der Waals surface area contributed by atoms with Crippen LogP contribution in [0.2, 0.25) is 0 Å². The summed E-state index contributed by atoms with van der Waals surface area (Å²) in [6, 6.07) is 9.39. The molecule has 4 nitrogen and oxygen atoms in total. The summed E-state index contributed by atoms with van der Waals surface area (Å²) in [5.74, 6) is -0.0261. The summed E-state index contributed by atoms with van der Waals surface area (Å²) in [5.41, 5.74) is 1.97. The van der Waals surface area contributed by atoms with Crippen LogP contribution in [-0.2, 0) is 9.53 Å². The topological polar surface area (TPSA) is 41.9 Å². The summed E-state index contributed by atoms with van der Waals surface area (Å²) >= 11 is 0. The minimum atomic E-state index is -0.393. The minimum absolute atomic E-state index is 0.367. The van der Waals surface area contributed by atoms with Crippen LogP contribution in [0.3, 0.4) is 0 Å². The minimum Gasteiger partial charge on any atom is -0.402 e. The highest BCUT2D eigenvalue weighted by Crippen LogP contribution is 2.19. The van der Waals surface area contributed by atoms with Gasteiger partial charge in [-0.15, -0.1) is 0 Å². The van der Waals surface area contributed by atoms with E-state index in [-0.39, 0.29) is 0 Å². The lowest BCUT2D eigenvalue weighted by Gasteiger charge is -2.12. The highest BCUT2D eigenvalue weighted by molar-refractivity contribution is 6.11. The Morgan fingerprint density at radius 1 is 1.24 bits per heavy atom. The number of carbonyl (C=O) groups is 1. The van der Waals surface area contributed by atoms with E-state index in [0.29, 0.717) is 11.6 Å². The second-order valence-corrected chi connectivity index (χ2v) is 4.00. The fourth-order valence-electron chi connectivity index (χ4n) is 1.45. The standard InChI is InChI=1S/C13H14N2O2/c1-9(15(2)3)11-13(16)17-12(14-11)10-7-5-4-6-8-10/h4-8H,1-3H3/b11-9+. The second kappa shape index (κ2) is 4.41. The van der Waals surface area contributed by atoms with Crippen molar-refractivity contribution in [2.45, 2.75) is 6.92 Å². The average molecular weight is 230 g/mol. The van der Waals surface area contributed by atoms with Gasteiger partial charge in [-0.05, 0) is 19.1 Å². The van der Waals surface area contributed by atoms with Crippen LogP contribution >= 0.6 is 0 Å². The number of allylic oxidation sites excluding steroid dienone is 1. The molecule has 0 N–H and O–H groups in total. The molecule has 1 aromatic carbocycles. The van der Waals surface area contributed by atoms with Crippen LogP contribution in [0.1, 0.15) is 12.5 Å². The molecule has 0 amide bonds. The molecule has 0 unspecified atom stereocenters. The summed E-state index contributed by atoms with van der Waals surface area (Å²) < 4.78 is 5.16. The van der Waals surface area contributed by atoms with E-state index in [1.807, 2.05) is 56.3 Å². The van der Waals surface area contributed by atoms with Gasteiger partial charge in [0.05, 0.1) is 0 Å². The Bertz CT molecular complexity index is 501. The Balaban J connectivity index is 2.39. The van der Waals surface area contributed by atoms with Gasteiger partial charge in [0.15, 0.2) is 5.70 Å². The number of aliphatic imine (C=N–C) groups is 1. The van der Waals surface area contributed by atoms with Gasteiger partial charge in [0.2, 0.25) is 5.90 Å². The predicted octanol–water partition coefficient (Wildman–Crippen LogP) is 1.78. The Hall–Kier alpha value is -2.10. The van der Waals surface area contributed by atoms with Crippen molar-refractivity contribution in [2.75, 3.05) is 14.1 Å². The number of esters is 1. The van der Waals surface area contributed by atoms with E-state index in [0.717, 1.165) is 11.3 Å². The highest BCUT2D eigenvalue weighted by atomic mass is 16.6. The zero-order valence-electron chi connectivity index (χ0n) is 10.1. The van der Waals surface area contributed by atoms with Crippen molar-refractivity contribution < 1.29 is 9.53 Å². The fraction of sp³-hybridized carbons (Fsp3) is 0.231. The summed E-state index contributed by atoms with van der Waals surface area (Å²) in [4.78, 5) is 17.8. The molecule has 1 aliphatic heterocycles. The first-order valence-corrected chi connectivity index (χ1v) is 5.34. The second-order valence-electron chi connectivity index (χ2n) is 4.00. The van der Waals surface area contributed by atoms with Crippen molar-refractivity contribution >= 4 is 11.9 Å². The van der Waals surface area contributed by atoms with Crippen LogP contribution in [0.4, 0.5) is 0 Å². The van der Waals surface area contributed by atoms with Crippen molar-refractivity contribution in [3.8, 4) is 0 Å². The fourth-order valence-corrected chi connectivity index (χ4v) is 1.45. The lowest BCUT2D eigenvalue weighted by atomic mass is 10.2. The van der Waals surface area contributed by atoms with Gasteiger partial charge in [-0.1, -0.05) is 18.2 Å². The molecule has 88 valence electrons. The van der Waals surface area contributed by atoms with Gasteiger partial charge in [0.1, 0.15) is 0 Å². The van der Waals surface area contributed by atoms with Gasteiger partial charge in [0, 0.05) is 25.4 Å². The Kier molecular flexibility index (Phi) is 2.95. The summed E-state index contributed by atoms with van der Waals surface area (Å²) in [5, 5.41) is 0. The van der Waals surface area contributed by atoms with Gasteiger partial charge in [-0.3, -0.25) is 0 Å². The molecule has 17 heavy (non-hydrogen) atoms. The van der Waals surface area contributed by atoms with E-state index in [4.69, 9.17) is 4.74 Å². The van der Waals surface area contributed by atoms with E-state index >= 15 is 0 Å². The number of ether oxygens (including phenoxy) is 1. The van der Waals surface area contributed by atoms with Gasteiger partial charge in [0.25, 0.3) is 0 Å². The number of hydrogen-bond donors (Lipinski definition) is 0. The quantitative estimate of drug-likeness (QED) is 0.574. The molecule has 0 saturated carbocycles. The normalized spacial score (nSPS) is 17.6. The SMILES string of the molecule is C/C(=C1\N=C(c2ccccc2)OC1=O)N(C)C. The van der Waals surface area contributed by atoms with Crippen molar-refractivity contribution in [3.63, 3.8) is 0 Å². The van der Waals surface area contributed by atoms with Crippen molar-refractivity contribution in [1.29, 1.82) is 0 Å². The number of benzene rings is 1. The van der Waals surface area contributed by atoms with Crippen LogP contribution in [-0.4, -0.2) is 30.9 Å². The van der Waals surface area contributed by atoms with Crippen LogP contribution in [0, 0.1) is 0 Å². The van der Waals surface area contributed by atoms with Gasteiger partial charge < -0.3 is 9.64 Å². The molecule has 0 bridgehead atoms. The molecule has 0 atom stereocenters. The summed E-state index contributed by atoms with van der Waals surface area (Å²) in [6.07, 6.45) is 0. The molecule has 1 heterocycles. The van der Waals surface area contributed by atoms with Crippen molar-refractivity contribution in [2.24, 2.45) is 4.99 Å². The first kappa shape index (κ1) is 11.4. The number of cyclic esters (lactones) is 1. The molecular weight excluding hydrogens is 216 g/mol. The van der Waals surface area contributed by atoms with Crippen molar-refractivity contribution in [1.82, 2.24) is 4.90 Å². The third kappa shape index (κ3) is 2.20. The van der Waals surface area contributed by atoms with Crippen LogP contribution < -0.4 is 0 Å². The molecule has 1 aliphatic rings. The Morgan fingerprint density at radius 2 is 1.88 bits per heavy atom. The highest BCUT2D eigenvalue weighted by Gasteiger charge is 2.26. The number of nitrogens with zero attached hydrogens (tertiary/aromatic N) is 2. The molecule has 0 aromatic heterocycles. The molecule has 1 aromatic rings. The molecule has 0 fully saturated rings. The number of carbonyl (C=O) groups excluding carboxylic acids is 1. The lowest BCUT2D eigenvalue weighted by molar-refractivity contribution is -0.130. The first-order chi connectivity index (χ1) is 8.09. The summed E-state index contributed by atoms with van der Waals surface area (Å²) in [7, 11) is 3.73. The average Bonchev–Trinajstić information content (AvgIpc) is 2.71. The van der Waals surface area contributed by atoms with Gasteiger partial charge in [-0.25, -0.2) is 9.79 Å². The van der Waals surface area contributed by atoms with Crippen LogP contribution in [0.5, 0.6) is 0 Å². The number of rotatable bonds is 2. The van der Waals surface area contributed by atoms with E-state index in [9.17, 15) is 4.79 Å². The third-order valence-electron chi connectivity index (χ3n) is 2.63. The zero-order chi connectivity index (χ0) is 12.4. The predicted molar refractivity (Wildman–Crippen MR) is 65.5 cm³/mol. The molecule has 0 spiro atoms. The van der Waals surface area contributed by atoms with Crippen LogP contribution in [0.25, 0.3) is 0 Å². The van der Waals surface area contributed by atoms with E-state index in [1.54, 1.807) is 0 Å². The van der Waals surface area contributed by atoms with E-state index in [2.05, 4.69) is 4.99 Å². The Morgan fingerprint density at radius 3 is 2.47 bits per heavy atom. The Labute approximate surface area is 100 Å². The monoisotopic (exact) mass is 230 g/mol. The van der Waals surface area contributed by atoms with Gasteiger partial charge >= 0.3 is 5.97 Å². The van der Waals surface area contributed by atoms with Gasteiger partial charge in [-0.2, -0.15) is 0 Å². The molecule has 2 rings (SSSR count). The largest absolute Gasteiger partial charge is 0.402 e. The number of hydrogen-bond acceptors (Lipinski definition) is 4. The van der Waals surface area contributed by atoms with Crippen LogP contribution in [0.15, 0.2) is 46.7 Å². The summed E-state index contributed by atoms with van der Waals surface area (Å²) in [6.45, 7) is 1.84. The molecule has 0 aliphatic carbocycles. The lowest BCUT2D eigenvalue weighted by Crippen LogP contribution is -2.13. The molecule has 4 heteroatoms. The maximum absolute atomic E-state index is 11.7. The van der Waals surface area contributed by atoms with Crippen molar-refractivity contribution in [3.05, 3.63) is 47.3 Å². The van der Waals surface area contributed by atoms with E-state index in [1.165, 1.54) is 0 Å². The maximum Gasteiger partial charge on any atom is 0.365 e. The molecule has 0 saturated heterocycles. The molecular formula is C13H14N2O2. The first-order valence-electron chi connectivity index (χ1n) is 5.34. The van der Waals surface area contributed by atoms with E-state index < -0.39 is 5.97 Å². The maximum atomic E-state index is 11.7. The zero-order valence-corrected chi connectivity index (χ0v) is 10.1. The third-order valence-corrected chi connectivity index (χ3v) is 2.63.